The maximum Gasteiger partial charge on any atom is 0.276 e. The van der Waals surface area contributed by atoms with Gasteiger partial charge in [0.05, 0.1) is 5.02 Å². The lowest BCUT2D eigenvalue weighted by Gasteiger charge is -2.11. The minimum absolute atomic E-state index is 0.0589. The summed E-state index contributed by atoms with van der Waals surface area (Å²) < 4.78 is 5.28. The number of ether oxygens (including phenoxy) is 1. The summed E-state index contributed by atoms with van der Waals surface area (Å²) in [5.74, 6) is -0.632. The van der Waals surface area contributed by atoms with Crippen LogP contribution in [0.15, 0.2) is 48.5 Å². The zero-order valence-corrected chi connectivity index (χ0v) is 17.1. The molecule has 0 spiro atoms. The summed E-state index contributed by atoms with van der Waals surface area (Å²) in [4.78, 5) is 23.6. The van der Waals surface area contributed by atoms with E-state index in [0.29, 0.717) is 10.8 Å². The first-order valence-corrected chi connectivity index (χ1v) is 9.22. The average Bonchev–Trinajstić information content (AvgIpc) is 2.65. The number of thiocarbonyl (C=S) groups is 1. The fourth-order valence-electron chi connectivity index (χ4n) is 1.93. The molecular formula is C19H17Cl2N3O3S. The van der Waals surface area contributed by atoms with Crippen LogP contribution in [0.1, 0.15) is 11.1 Å². The fraction of sp³-hybridized carbons (Fsp3) is 0.105. The molecule has 0 bridgehead atoms. The Morgan fingerprint density at radius 2 is 1.82 bits per heavy atom. The molecule has 0 aliphatic carbocycles. The third-order valence-electron chi connectivity index (χ3n) is 3.31. The number of carbonyl (C=O) groups is 2. The Labute approximate surface area is 177 Å². The Kier molecular flexibility index (Phi) is 8.25. The minimum Gasteiger partial charge on any atom is -0.482 e. The number of amides is 2. The molecule has 2 amide bonds. The van der Waals surface area contributed by atoms with Crippen LogP contribution < -0.4 is 20.9 Å². The molecule has 0 saturated carbocycles. The molecule has 2 rings (SSSR count). The van der Waals surface area contributed by atoms with Gasteiger partial charge in [-0.25, -0.2) is 0 Å². The van der Waals surface area contributed by atoms with Crippen LogP contribution in [0.25, 0.3) is 6.08 Å². The molecule has 6 nitrogen and oxygen atoms in total. The van der Waals surface area contributed by atoms with Gasteiger partial charge in [-0.05, 0) is 49.0 Å². The number of halogens is 2. The topological polar surface area (TPSA) is 79.5 Å². The molecule has 2 aromatic rings. The smallest absolute Gasteiger partial charge is 0.276 e. The number of benzene rings is 2. The number of nitrogens with one attached hydrogen (secondary N) is 3. The monoisotopic (exact) mass is 437 g/mol. The molecular weight excluding hydrogens is 421 g/mol. The first-order valence-electron chi connectivity index (χ1n) is 8.06. The van der Waals surface area contributed by atoms with E-state index in [9.17, 15) is 9.59 Å². The zero-order chi connectivity index (χ0) is 20.5. The van der Waals surface area contributed by atoms with E-state index in [1.165, 1.54) is 12.1 Å². The SMILES string of the molecule is Cc1ccc(/C=C/C(=O)NC(=S)NNC(=O)COc2ccc(Cl)cc2Cl)cc1. The molecule has 0 heterocycles. The largest absolute Gasteiger partial charge is 0.482 e. The Balaban J connectivity index is 1.71. The molecule has 3 N–H and O–H groups in total. The highest BCUT2D eigenvalue weighted by Gasteiger charge is 2.07. The van der Waals surface area contributed by atoms with Gasteiger partial charge in [-0.3, -0.25) is 25.8 Å². The van der Waals surface area contributed by atoms with E-state index in [1.54, 1.807) is 18.2 Å². The summed E-state index contributed by atoms with van der Waals surface area (Å²) >= 11 is 16.7. The molecule has 0 atom stereocenters. The van der Waals surface area contributed by atoms with Gasteiger partial charge in [0.1, 0.15) is 5.75 Å². The van der Waals surface area contributed by atoms with Crippen LogP contribution in [-0.2, 0) is 9.59 Å². The lowest BCUT2D eigenvalue weighted by Crippen LogP contribution is -2.49. The number of hydrogen-bond donors (Lipinski definition) is 3. The van der Waals surface area contributed by atoms with Crippen molar-refractivity contribution in [2.45, 2.75) is 6.92 Å². The van der Waals surface area contributed by atoms with E-state index in [1.807, 2.05) is 31.2 Å². The van der Waals surface area contributed by atoms with Crippen molar-refractivity contribution >= 4 is 58.4 Å². The van der Waals surface area contributed by atoms with E-state index >= 15 is 0 Å². The Hall–Kier alpha value is -2.61. The van der Waals surface area contributed by atoms with Crippen LogP contribution >= 0.6 is 35.4 Å². The Bertz CT molecular complexity index is 902. The van der Waals surface area contributed by atoms with E-state index in [4.69, 9.17) is 40.2 Å². The van der Waals surface area contributed by atoms with E-state index in [-0.39, 0.29) is 16.7 Å². The molecule has 0 aromatic heterocycles. The fourth-order valence-corrected chi connectivity index (χ4v) is 2.55. The second-order valence-corrected chi connectivity index (χ2v) is 6.85. The number of carbonyl (C=O) groups excluding carboxylic acids is 2. The van der Waals surface area contributed by atoms with Gasteiger partial charge in [0, 0.05) is 11.1 Å². The van der Waals surface area contributed by atoms with Crippen LogP contribution in [0.2, 0.25) is 10.0 Å². The third-order valence-corrected chi connectivity index (χ3v) is 4.04. The predicted molar refractivity (Wildman–Crippen MR) is 114 cm³/mol. The highest BCUT2D eigenvalue weighted by molar-refractivity contribution is 7.80. The van der Waals surface area contributed by atoms with Crippen LogP contribution in [0.3, 0.4) is 0 Å². The second-order valence-electron chi connectivity index (χ2n) is 5.60. The van der Waals surface area contributed by atoms with Crippen molar-refractivity contribution in [3.63, 3.8) is 0 Å². The number of hydrazine groups is 1. The quantitative estimate of drug-likeness (QED) is 0.379. The van der Waals surface area contributed by atoms with Gasteiger partial charge < -0.3 is 4.74 Å². The summed E-state index contributed by atoms with van der Waals surface area (Å²) in [6.45, 7) is 1.67. The standard InChI is InChI=1S/C19H17Cl2N3O3S/c1-12-2-4-13(5-3-12)6-9-17(25)22-19(28)24-23-18(26)11-27-16-8-7-14(20)10-15(16)21/h2-10H,11H2,1H3,(H,23,26)(H2,22,24,25,28)/b9-6+. The van der Waals surface area contributed by atoms with Crippen LogP contribution in [-0.4, -0.2) is 23.5 Å². The number of aryl methyl sites for hydroxylation is 1. The van der Waals surface area contributed by atoms with Gasteiger partial charge in [0.15, 0.2) is 11.7 Å². The summed E-state index contributed by atoms with van der Waals surface area (Å²) in [6.07, 6.45) is 2.99. The summed E-state index contributed by atoms with van der Waals surface area (Å²) in [5, 5.41) is 3.10. The van der Waals surface area contributed by atoms with Crippen molar-refractivity contribution in [1.29, 1.82) is 0 Å². The van der Waals surface area contributed by atoms with E-state index in [2.05, 4.69) is 16.2 Å². The maximum absolute atomic E-state index is 11.8. The van der Waals surface area contributed by atoms with Gasteiger partial charge in [-0.2, -0.15) is 0 Å². The third kappa shape index (κ3) is 7.56. The van der Waals surface area contributed by atoms with Crippen molar-refractivity contribution in [2.75, 3.05) is 6.61 Å². The second kappa shape index (κ2) is 10.7. The Morgan fingerprint density at radius 3 is 2.50 bits per heavy atom. The highest BCUT2D eigenvalue weighted by Crippen LogP contribution is 2.27. The van der Waals surface area contributed by atoms with Crippen LogP contribution in [0.4, 0.5) is 0 Å². The molecule has 0 saturated heterocycles. The average molecular weight is 438 g/mol. The summed E-state index contributed by atoms with van der Waals surface area (Å²) in [6, 6.07) is 12.3. The zero-order valence-electron chi connectivity index (χ0n) is 14.8. The maximum atomic E-state index is 11.8. The van der Waals surface area contributed by atoms with E-state index < -0.39 is 11.8 Å². The molecule has 0 fully saturated rings. The van der Waals surface area contributed by atoms with Crippen molar-refractivity contribution < 1.29 is 14.3 Å². The minimum atomic E-state index is -0.516. The molecule has 0 radical (unpaired) electrons. The lowest BCUT2D eigenvalue weighted by atomic mass is 10.1. The lowest BCUT2D eigenvalue weighted by molar-refractivity contribution is -0.123. The van der Waals surface area contributed by atoms with Crippen molar-refractivity contribution in [3.05, 3.63) is 69.7 Å². The molecule has 2 aromatic carbocycles. The molecule has 0 aliphatic heterocycles. The first kappa shape index (κ1) is 21.7. The van der Waals surface area contributed by atoms with Crippen LogP contribution in [0.5, 0.6) is 5.75 Å². The van der Waals surface area contributed by atoms with Gasteiger partial charge in [0.2, 0.25) is 5.91 Å². The predicted octanol–water partition coefficient (Wildman–Crippen LogP) is 3.42. The molecule has 28 heavy (non-hydrogen) atoms. The highest BCUT2D eigenvalue weighted by atomic mass is 35.5. The molecule has 146 valence electrons. The van der Waals surface area contributed by atoms with E-state index in [0.717, 1.165) is 11.1 Å². The van der Waals surface area contributed by atoms with Gasteiger partial charge in [-0.1, -0.05) is 53.0 Å². The van der Waals surface area contributed by atoms with Gasteiger partial charge >= 0.3 is 0 Å². The van der Waals surface area contributed by atoms with Crippen molar-refractivity contribution in [2.24, 2.45) is 0 Å². The summed E-state index contributed by atoms with van der Waals surface area (Å²) in [5.41, 5.74) is 6.73. The van der Waals surface area contributed by atoms with Crippen molar-refractivity contribution in [1.82, 2.24) is 16.2 Å². The van der Waals surface area contributed by atoms with Gasteiger partial charge in [-0.15, -0.1) is 0 Å². The molecule has 9 heteroatoms. The Morgan fingerprint density at radius 1 is 1.11 bits per heavy atom. The number of hydrogen-bond acceptors (Lipinski definition) is 4. The van der Waals surface area contributed by atoms with Crippen LogP contribution in [0, 0.1) is 6.92 Å². The molecule has 0 unspecified atom stereocenters. The molecule has 0 aliphatic rings. The first-order chi connectivity index (χ1) is 13.3. The number of rotatable bonds is 5. The normalized spacial score (nSPS) is 10.4. The van der Waals surface area contributed by atoms with Crippen molar-refractivity contribution in [3.8, 4) is 5.75 Å². The van der Waals surface area contributed by atoms with Gasteiger partial charge in [0.25, 0.3) is 5.91 Å². The summed E-state index contributed by atoms with van der Waals surface area (Å²) in [7, 11) is 0.